The van der Waals surface area contributed by atoms with E-state index >= 15 is 0 Å². The molecule has 0 amide bonds. The van der Waals surface area contributed by atoms with Gasteiger partial charge in [-0.25, -0.2) is 4.98 Å². The Balaban J connectivity index is 1.59. The molecule has 0 radical (unpaired) electrons. The van der Waals surface area contributed by atoms with Crippen LogP contribution >= 0.6 is 0 Å². The Bertz CT molecular complexity index is 555. The fourth-order valence-electron chi connectivity index (χ4n) is 2.84. The monoisotopic (exact) mass is 306 g/mol. The van der Waals surface area contributed by atoms with Crippen LogP contribution < -0.4 is 0 Å². The van der Waals surface area contributed by atoms with Crippen LogP contribution in [0.2, 0.25) is 0 Å². The summed E-state index contributed by atoms with van der Waals surface area (Å²) in [7, 11) is 1.67. The minimum absolute atomic E-state index is 0.435. The molecule has 3 rings (SSSR count). The topological polar surface area (TPSA) is 82.1 Å². The predicted molar refractivity (Wildman–Crippen MR) is 77.9 cm³/mol. The van der Waals surface area contributed by atoms with Gasteiger partial charge in [0.15, 0.2) is 5.82 Å². The smallest absolute Gasteiger partial charge is 0.240 e. The average molecular weight is 306 g/mol. The van der Waals surface area contributed by atoms with Crippen molar-refractivity contribution in [1.82, 2.24) is 29.8 Å². The maximum Gasteiger partial charge on any atom is 0.240 e. The molecule has 0 N–H and O–H groups in total. The van der Waals surface area contributed by atoms with E-state index in [0.717, 1.165) is 19.5 Å². The fraction of sp³-hybridized carbons (Fsp3) is 0.714. The van der Waals surface area contributed by atoms with Gasteiger partial charge in [0, 0.05) is 19.6 Å². The number of methoxy groups -OCH3 is 1. The van der Waals surface area contributed by atoms with Gasteiger partial charge in [0.1, 0.15) is 12.7 Å². The molecular formula is C14H22N6O2. The third-order valence-electron chi connectivity index (χ3n) is 3.99. The number of likely N-dealkylation sites (tertiary alicyclic amines) is 1. The highest BCUT2D eigenvalue weighted by Crippen LogP contribution is 2.20. The molecule has 8 nitrogen and oxygen atoms in total. The van der Waals surface area contributed by atoms with Gasteiger partial charge in [-0.05, 0) is 19.4 Å². The Morgan fingerprint density at radius 2 is 2.36 bits per heavy atom. The molecule has 0 unspecified atom stereocenters. The molecule has 120 valence electrons. The van der Waals surface area contributed by atoms with Crippen molar-refractivity contribution in [2.24, 2.45) is 0 Å². The van der Waals surface area contributed by atoms with Crippen molar-refractivity contribution in [3.63, 3.8) is 0 Å². The first-order valence-corrected chi connectivity index (χ1v) is 7.72. The maximum absolute atomic E-state index is 5.35. The fourth-order valence-corrected chi connectivity index (χ4v) is 2.84. The summed E-state index contributed by atoms with van der Waals surface area (Å²) in [5.74, 6) is 1.39. The summed E-state index contributed by atoms with van der Waals surface area (Å²) in [6.45, 7) is 3.21. The largest absolute Gasteiger partial charge is 0.384 e. The standard InChI is InChI=1S/C14H22N6O2/c1-21-7-5-13-17-14(22-18-13)9-19-6-3-2-4-12(19)8-20-11-15-10-16-20/h10-12H,2-9H2,1H3/t12-/m1/s1. The Hall–Kier alpha value is -1.80. The minimum atomic E-state index is 0.435. The van der Waals surface area contributed by atoms with Crippen molar-refractivity contribution in [1.29, 1.82) is 0 Å². The zero-order valence-corrected chi connectivity index (χ0v) is 12.9. The molecule has 3 heterocycles. The average Bonchev–Trinajstić information content (AvgIpc) is 3.19. The summed E-state index contributed by atoms with van der Waals surface area (Å²) >= 11 is 0. The van der Waals surface area contributed by atoms with E-state index in [2.05, 4.69) is 25.1 Å². The van der Waals surface area contributed by atoms with Crippen molar-refractivity contribution in [3.8, 4) is 0 Å². The van der Waals surface area contributed by atoms with Crippen molar-refractivity contribution < 1.29 is 9.26 Å². The lowest BCUT2D eigenvalue weighted by molar-refractivity contribution is 0.108. The van der Waals surface area contributed by atoms with Crippen molar-refractivity contribution in [2.45, 2.75) is 44.8 Å². The van der Waals surface area contributed by atoms with Gasteiger partial charge in [0.05, 0.1) is 19.7 Å². The molecule has 1 aliphatic rings. The van der Waals surface area contributed by atoms with Gasteiger partial charge in [-0.2, -0.15) is 10.1 Å². The van der Waals surface area contributed by atoms with Crippen LogP contribution in [0.15, 0.2) is 17.2 Å². The number of hydrogen-bond donors (Lipinski definition) is 0. The van der Waals surface area contributed by atoms with Gasteiger partial charge < -0.3 is 9.26 Å². The lowest BCUT2D eigenvalue weighted by Gasteiger charge is -2.34. The highest BCUT2D eigenvalue weighted by Gasteiger charge is 2.24. The Kier molecular flexibility index (Phi) is 5.12. The summed E-state index contributed by atoms with van der Waals surface area (Å²) in [5.41, 5.74) is 0. The molecule has 1 aliphatic heterocycles. The van der Waals surface area contributed by atoms with Crippen LogP contribution in [0.3, 0.4) is 0 Å². The first kappa shape index (κ1) is 15.1. The second kappa shape index (κ2) is 7.46. The summed E-state index contributed by atoms with van der Waals surface area (Å²) in [5, 5.41) is 8.20. The van der Waals surface area contributed by atoms with Crippen LogP contribution in [-0.2, 0) is 24.2 Å². The second-order valence-electron chi connectivity index (χ2n) is 5.58. The van der Waals surface area contributed by atoms with Gasteiger partial charge >= 0.3 is 0 Å². The molecule has 0 aromatic carbocycles. The highest BCUT2D eigenvalue weighted by atomic mass is 16.5. The number of rotatable bonds is 7. The van der Waals surface area contributed by atoms with Gasteiger partial charge in [0.25, 0.3) is 0 Å². The van der Waals surface area contributed by atoms with E-state index in [-0.39, 0.29) is 0 Å². The SMILES string of the molecule is COCCc1noc(CN2CCCC[C@@H]2Cn2cncn2)n1. The number of piperidine rings is 1. The van der Waals surface area contributed by atoms with E-state index in [1.54, 1.807) is 19.8 Å². The van der Waals surface area contributed by atoms with Gasteiger partial charge in [-0.1, -0.05) is 11.6 Å². The molecule has 1 fully saturated rings. The van der Waals surface area contributed by atoms with E-state index in [1.165, 1.54) is 12.8 Å². The minimum Gasteiger partial charge on any atom is -0.384 e. The van der Waals surface area contributed by atoms with Gasteiger partial charge in [-0.3, -0.25) is 9.58 Å². The van der Waals surface area contributed by atoms with Crippen LogP contribution in [0.25, 0.3) is 0 Å². The Labute approximate surface area is 129 Å². The van der Waals surface area contributed by atoms with E-state index < -0.39 is 0 Å². The molecule has 1 saturated heterocycles. The van der Waals surface area contributed by atoms with Crippen LogP contribution in [-0.4, -0.2) is 56.1 Å². The van der Waals surface area contributed by atoms with Crippen molar-refractivity contribution >= 4 is 0 Å². The second-order valence-corrected chi connectivity index (χ2v) is 5.58. The number of aromatic nitrogens is 5. The summed E-state index contributed by atoms with van der Waals surface area (Å²) in [6, 6.07) is 0.435. The van der Waals surface area contributed by atoms with Crippen LogP contribution in [0.4, 0.5) is 0 Å². The number of hydrogen-bond acceptors (Lipinski definition) is 7. The van der Waals surface area contributed by atoms with E-state index in [4.69, 9.17) is 9.26 Å². The van der Waals surface area contributed by atoms with Gasteiger partial charge in [0.2, 0.25) is 5.89 Å². The molecule has 1 atom stereocenters. The van der Waals surface area contributed by atoms with Gasteiger partial charge in [-0.15, -0.1) is 0 Å². The zero-order valence-electron chi connectivity index (χ0n) is 12.9. The molecule has 0 bridgehead atoms. The van der Waals surface area contributed by atoms with Crippen molar-refractivity contribution in [2.75, 3.05) is 20.3 Å². The lowest BCUT2D eigenvalue weighted by atomic mass is 10.0. The normalized spacial score (nSPS) is 19.6. The molecule has 0 saturated carbocycles. The highest BCUT2D eigenvalue weighted by molar-refractivity contribution is 4.89. The lowest BCUT2D eigenvalue weighted by Crippen LogP contribution is -2.41. The summed E-state index contributed by atoms with van der Waals surface area (Å²) in [4.78, 5) is 10.8. The van der Waals surface area contributed by atoms with E-state index in [1.807, 2.05) is 4.68 Å². The molecule has 0 aliphatic carbocycles. The molecule has 2 aromatic heterocycles. The number of nitrogens with zero attached hydrogens (tertiary/aromatic N) is 6. The van der Waals surface area contributed by atoms with E-state index in [9.17, 15) is 0 Å². The molecular weight excluding hydrogens is 284 g/mol. The predicted octanol–water partition coefficient (Wildman–Crippen LogP) is 0.905. The maximum atomic E-state index is 5.35. The Morgan fingerprint density at radius 1 is 1.41 bits per heavy atom. The van der Waals surface area contributed by atoms with Crippen molar-refractivity contribution in [3.05, 3.63) is 24.4 Å². The third-order valence-corrected chi connectivity index (χ3v) is 3.99. The summed E-state index contributed by atoms with van der Waals surface area (Å²) in [6.07, 6.45) is 7.64. The molecule has 0 spiro atoms. The van der Waals surface area contributed by atoms with Crippen LogP contribution in [0.1, 0.15) is 31.0 Å². The molecule has 22 heavy (non-hydrogen) atoms. The zero-order chi connectivity index (χ0) is 15.2. The quantitative estimate of drug-likeness (QED) is 0.751. The van der Waals surface area contributed by atoms with Crippen LogP contribution in [0, 0.1) is 0 Å². The first-order valence-electron chi connectivity index (χ1n) is 7.72. The number of ether oxygens (including phenoxy) is 1. The molecule has 8 heteroatoms. The van der Waals surface area contributed by atoms with E-state index in [0.29, 0.717) is 37.3 Å². The summed E-state index contributed by atoms with van der Waals surface area (Å²) < 4.78 is 12.3. The van der Waals surface area contributed by atoms with Crippen LogP contribution in [0.5, 0.6) is 0 Å². The Morgan fingerprint density at radius 3 is 3.18 bits per heavy atom. The first-order chi connectivity index (χ1) is 10.8. The third kappa shape index (κ3) is 3.89. The molecule has 2 aromatic rings.